The molecule has 0 atom stereocenters. The van der Waals surface area contributed by atoms with Gasteiger partial charge in [-0.25, -0.2) is 4.79 Å². The Labute approximate surface area is 91.9 Å². The number of carboxylic acid groups (broad SMARTS) is 1. The van der Waals surface area contributed by atoms with Crippen LogP contribution in [0.15, 0.2) is 16.7 Å². The van der Waals surface area contributed by atoms with Crippen molar-refractivity contribution in [3.05, 3.63) is 23.4 Å². The molecular weight excluding hydrogens is 208 g/mol. The van der Waals surface area contributed by atoms with E-state index < -0.39 is 5.97 Å². The summed E-state index contributed by atoms with van der Waals surface area (Å²) in [7, 11) is 0. The molecule has 84 valence electrons. The first-order valence-electron chi connectivity index (χ1n) is 4.92. The number of pyridine rings is 1. The van der Waals surface area contributed by atoms with Gasteiger partial charge in [0.05, 0.1) is 0 Å². The lowest BCUT2D eigenvalue weighted by Crippen LogP contribution is -2.00. The molecule has 0 aliphatic rings. The number of hydrogen-bond donors (Lipinski definition) is 2. The summed E-state index contributed by atoms with van der Waals surface area (Å²) in [6.07, 6.45) is 1.65. The number of carboxylic acids is 1. The van der Waals surface area contributed by atoms with Crippen molar-refractivity contribution in [1.29, 1.82) is 0 Å². The molecule has 0 aromatic carbocycles. The Kier molecular flexibility index (Phi) is 2.30. The Hall–Kier alpha value is -2.04. The van der Waals surface area contributed by atoms with E-state index in [1.54, 1.807) is 12.3 Å². The molecule has 0 fully saturated rings. The number of nitrogen functional groups attached to an aromatic ring is 1. The third-order valence-electron chi connectivity index (χ3n) is 2.46. The first kappa shape index (κ1) is 10.5. The fraction of sp³-hybridized carbons (Fsp3) is 0.273. The predicted molar refractivity (Wildman–Crippen MR) is 59.5 cm³/mol. The van der Waals surface area contributed by atoms with Crippen LogP contribution in [0.2, 0.25) is 0 Å². The largest absolute Gasteiger partial charge is 0.477 e. The number of carbonyl (C=O) groups is 1. The molecule has 0 amide bonds. The van der Waals surface area contributed by atoms with Gasteiger partial charge in [0.1, 0.15) is 11.1 Å². The molecular formula is C11H12N2O3. The monoisotopic (exact) mass is 220 g/mol. The minimum atomic E-state index is -1.12. The van der Waals surface area contributed by atoms with Crippen LogP contribution < -0.4 is 5.73 Å². The van der Waals surface area contributed by atoms with E-state index in [-0.39, 0.29) is 11.4 Å². The first-order valence-corrected chi connectivity index (χ1v) is 4.92. The molecule has 0 spiro atoms. The van der Waals surface area contributed by atoms with Crippen LogP contribution in [0, 0.1) is 0 Å². The highest BCUT2D eigenvalue weighted by Crippen LogP contribution is 2.28. The third kappa shape index (κ3) is 1.50. The number of nitrogens with zero attached hydrogens (tertiary/aromatic N) is 1. The molecule has 16 heavy (non-hydrogen) atoms. The summed E-state index contributed by atoms with van der Waals surface area (Å²) < 4.78 is 5.19. The van der Waals surface area contributed by atoms with Gasteiger partial charge < -0.3 is 15.3 Å². The summed E-state index contributed by atoms with van der Waals surface area (Å²) in [6.45, 7) is 4.04. The van der Waals surface area contributed by atoms with E-state index in [0.717, 1.165) is 5.56 Å². The summed E-state index contributed by atoms with van der Waals surface area (Å²) in [6, 6.07) is 1.77. The van der Waals surface area contributed by atoms with E-state index in [1.807, 2.05) is 13.8 Å². The zero-order chi connectivity index (χ0) is 11.9. The van der Waals surface area contributed by atoms with Crippen LogP contribution in [-0.4, -0.2) is 16.1 Å². The van der Waals surface area contributed by atoms with Crippen LogP contribution in [0.5, 0.6) is 0 Å². The van der Waals surface area contributed by atoms with E-state index >= 15 is 0 Å². The molecule has 5 heteroatoms. The second-order valence-corrected chi connectivity index (χ2v) is 3.92. The maximum atomic E-state index is 10.9. The van der Waals surface area contributed by atoms with Crippen molar-refractivity contribution >= 4 is 23.0 Å². The lowest BCUT2D eigenvalue weighted by Gasteiger charge is -2.02. The highest BCUT2D eigenvalue weighted by Gasteiger charge is 2.19. The van der Waals surface area contributed by atoms with Gasteiger partial charge in [-0.1, -0.05) is 13.8 Å². The summed E-state index contributed by atoms with van der Waals surface area (Å²) in [5, 5.41) is 8.95. The number of nitrogens with two attached hydrogens (primary N) is 1. The Morgan fingerprint density at radius 3 is 2.81 bits per heavy atom. The topological polar surface area (TPSA) is 89.3 Å². The molecule has 2 aromatic rings. The van der Waals surface area contributed by atoms with E-state index in [4.69, 9.17) is 15.3 Å². The summed E-state index contributed by atoms with van der Waals surface area (Å²) in [5.41, 5.74) is 7.13. The second kappa shape index (κ2) is 3.52. The normalized spacial score (nSPS) is 11.2. The Morgan fingerprint density at radius 2 is 2.25 bits per heavy atom. The zero-order valence-electron chi connectivity index (χ0n) is 9.02. The molecule has 0 saturated heterocycles. The summed E-state index contributed by atoms with van der Waals surface area (Å²) >= 11 is 0. The van der Waals surface area contributed by atoms with Gasteiger partial charge in [-0.15, -0.1) is 0 Å². The lowest BCUT2D eigenvalue weighted by molar-refractivity contribution is 0.0699. The van der Waals surface area contributed by atoms with Crippen LogP contribution in [-0.2, 0) is 0 Å². The summed E-state index contributed by atoms with van der Waals surface area (Å²) in [4.78, 5) is 15.0. The minimum Gasteiger partial charge on any atom is -0.477 e. The van der Waals surface area contributed by atoms with Crippen LogP contribution in [0.3, 0.4) is 0 Å². The maximum absolute atomic E-state index is 10.9. The fourth-order valence-corrected chi connectivity index (χ4v) is 1.53. The van der Waals surface area contributed by atoms with E-state index in [2.05, 4.69) is 4.98 Å². The molecule has 2 rings (SSSR count). The van der Waals surface area contributed by atoms with Crippen molar-refractivity contribution in [3.8, 4) is 0 Å². The molecule has 2 aromatic heterocycles. The van der Waals surface area contributed by atoms with Crippen LogP contribution in [0.25, 0.3) is 11.1 Å². The van der Waals surface area contributed by atoms with Gasteiger partial charge in [-0.2, -0.15) is 0 Å². The Morgan fingerprint density at radius 1 is 1.56 bits per heavy atom. The molecule has 0 unspecified atom stereocenters. The van der Waals surface area contributed by atoms with Gasteiger partial charge >= 0.3 is 5.97 Å². The van der Waals surface area contributed by atoms with Crippen LogP contribution in [0.4, 0.5) is 5.88 Å². The molecule has 0 aliphatic heterocycles. The molecule has 0 radical (unpaired) electrons. The standard InChI is InChI=1S/C11H12N2O3/c1-5(2)6-3-7-9(13-4-6)8(11(14)15)10(12)16-7/h3-5H,12H2,1-2H3,(H,14,15). The SMILES string of the molecule is CC(C)c1cnc2c(C(=O)O)c(N)oc2c1. The van der Waals surface area contributed by atoms with Crippen molar-refractivity contribution in [2.45, 2.75) is 19.8 Å². The van der Waals surface area contributed by atoms with Gasteiger partial charge in [-0.05, 0) is 17.5 Å². The molecule has 2 heterocycles. The molecule has 3 N–H and O–H groups in total. The van der Waals surface area contributed by atoms with Gasteiger partial charge in [0, 0.05) is 6.20 Å². The van der Waals surface area contributed by atoms with Crippen LogP contribution in [0.1, 0.15) is 35.7 Å². The quantitative estimate of drug-likeness (QED) is 0.809. The number of furan rings is 1. The predicted octanol–water partition coefficient (Wildman–Crippen LogP) is 2.23. The Balaban J connectivity index is 2.70. The number of aromatic carboxylic acids is 1. The lowest BCUT2D eigenvalue weighted by atomic mass is 10.1. The molecule has 0 aliphatic carbocycles. The number of rotatable bonds is 2. The molecule has 5 nitrogen and oxygen atoms in total. The Bertz CT molecular complexity index is 558. The van der Waals surface area contributed by atoms with Crippen molar-refractivity contribution in [2.24, 2.45) is 0 Å². The molecule has 0 saturated carbocycles. The fourth-order valence-electron chi connectivity index (χ4n) is 1.53. The van der Waals surface area contributed by atoms with Crippen molar-refractivity contribution < 1.29 is 14.3 Å². The van der Waals surface area contributed by atoms with Gasteiger partial charge in [0.2, 0.25) is 5.88 Å². The number of aromatic nitrogens is 1. The number of anilines is 1. The van der Waals surface area contributed by atoms with Gasteiger partial charge in [0.15, 0.2) is 5.58 Å². The third-order valence-corrected chi connectivity index (χ3v) is 2.46. The van der Waals surface area contributed by atoms with E-state index in [0.29, 0.717) is 17.0 Å². The highest BCUT2D eigenvalue weighted by molar-refractivity contribution is 6.05. The van der Waals surface area contributed by atoms with Gasteiger partial charge in [0.25, 0.3) is 0 Å². The zero-order valence-corrected chi connectivity index (χ0v) is 9.02. The van der Waals surface area contributed by atoms with Gasteiger partial charge in [-0.3, -0.25) is 4.98 Å². The van der Waals surface area contributed by atoms with E-state index in [9.17, 15) is 4.79 Å². The average molecular weight is 220 g/mol. The average Bonchev–Trinajstić information content (AvgIpc) is 2.51. The highest BCUT2D eigenvalue weighted by atomic mass is 16.4. The van der Waals surface area contributed by atoms with Crippen molar-refractivity contribution in [1.82, 2.24) is 4.98 Å². The number of fused-ring (bicyclic) bond motifs is 1. The smallest absolute Gasteiger partial charge is 0.343 e. The maximum Gasteiger partial charge on any atom is 0.343 e. The van der Waals surface area contributed by atoms with Crippen molar-refractivity contribution in [2.75, 3.05) is 5.73 Å². The van der Waals surface area contributed by atoms with E-state index in [1.165, 1.54) is 0 Å². The number of hydrogen-bond acceptors (Lipinski definition) is 4. The van der Waals surface area contributed by atoms with Crippen LogP contribution >= 0.6 is 0 Å². The summed E-state index contributed by atoms with van der Waals surface area (Å²) in [5.74, 6) is -0.923. The molecule has 0 bridgehead atoms. The first-order chi connectivity index (χ1) is 7.50. The second-order valence-electron chi connectivity index (χ2n) is 3.92. The van der Waals surface area contributed by atoms with Crippen molar-refractivity contribution in [3.63, 3.8) is 0 Å². The minimum absolute atomic E-state index is 0.0645.